The van der Waals surface area contributed by atoms with Gasteiger partial charge in [0.1, 0.15) is 19.0 Å². The van der Waals surface area contributed by atoms with Crippen molar-refractivity contribution in [3.8, 4) is 22.6 Å². The van der Waals surface area contributed by atoms with Gasteiger partial charge in [0.05, 0.1) is 6.10 Å². The average Bonchev–Trinajstić information content (AvgIpc) is 2.89. The Morgan fingerprint density at radius 2 is 1.67 bits per heavy atom. The van der Waals surface area contributed by atoms with Crippen LogP contribution in [0.4, 0.5) is 13.2 Å². The van der Waals surface area contributed by atoms with Crippen LogP contribution in [0.1, 0.15) is 49.7 Å². The predicted molar refractivity (Wildman–Crippen MR) is 135 cm³/mol. The van der Waals surface area contributed by atoms with E-state index in [0.717, 1.165) is 31.2 Å². The van der Waals surface area contributed by atoms with Crippen LogP contribution in [0.3, 0.4) is 0 Å². The van der Waals surface area contributed by atoms with Gasteiger partial charge in [0.25, 0.3) is 0 Å². The second kappa shape index (κ2) is 11.7. The largest absolute Gasteiger partial charge is 0.489 e. The topological polar surface area (TPSA) is 38.7 Å². The number of benzene rings is 3. The van der Waals surface area contributed by atoms with E-state index in [4.69, 9.17) is 9.47 Å². The van der Waals surface area contributed by atoms with Crippen molar-refractivity contribution in [1.29, 1.82) is 0 Å². The molecule has 1 atom stereocenters. The van der Waals surface area contributed by atoms with E-state index < -0.39 is 17.5 Å². The minimum atomic E-state index is -0.852. The summed E-state index contributed by atoms with van der Waals surface area (Å²) in [4.78, 5) is 0. The molecule has 0 saturated heterocycles. The maximum atomic E-state index is 15.0. The molecule has 0 heterocycles. The lowest BCUT2D eigenvalue weighted by Crippen LogP contribution is -2.23. The molecule has 1 aliphatic rings. The van der Waals surface area contributed by atoms with E-state index in [1.54, 1.807) is 55.5 Å². The molecule has 0 radical (unpaired) electrons. The van der Waals surface area contributed by atoms with E-state index in [-0.39, 0.29) is 42.5 Å². The summed E-state index contributed by atoms with van der Waals surface area (Å²) in [6, 6.07) is 14.6. The van der Waals surface area contributed by atoms with Crippen molar-refractivity contribution in [2.45, 2.75) is 51.2 Å². The van der Waals surface area contributed by atoms with Gasteiger partial charge in [-0.15, -0.1) is 0 Å². The number of rotatable bonds is 9. The number of aliphatic hydroxyl groups excluding tert-OH is 1. The highest BCUT2D eigenvalue weighted by atomic mass is 19.2. The van der Waals surface area contributed by atoms with Crippen LogP contribution in [0.2, 0.25) is 0 Å². The van der Waals surface area contributed by atoms with Crippen LogP contribution in [-0.2, 0) is 6.61 Å². The Morgan fingerprint density at radius 3 is 2.31 bits per heavy atom. The van der Waals surface area contributed by atoms with Crippen molar-refractivity contribution < 1.29 is 27.8 Å². The first-order valence-electron chi connectivity index (χ1n) is 12.3. The molecule has 1 unspecified atom stereocenters. The summed E-state index contributed by atoms with van der Waals surface area (Å²) in [5, 5.41) is 9.79. The monoisotopic (exact) mass is 496 g/mol. The van der Waals surface area contributed by atoms with Crippen LogP contribution in [-0.4, -0.2) is 17.8 Å². The van der Waals surface area contributed by atoms with Crippen molar-refractivity contribution in [2.24, 2.45) is 5.92 Å². The fourth-order valence-corrected chi connectivity index (χ4v) is 4.80. The van der Waals surface area contributed by atoms with Crippen molar-refractivity contribution in [3.63, 3.8) is 0 Å². The third kappa shape index (κ3) is 5.93. The van der Waals surface area contributed by atoms with Gasteiger partial charge < -0.3 is 14.6 Å². The van der Waals surface area contributed by atoms with Gasteiger partial charge >= 0.3 is 0 Å². The molecule has 1 aliphatic carbocycles. The maximum absolute atomic E-state index is 15.0. The Bertz CT molecular complexity index is 1180. The van der Waals surface area contributed by atoms with Crippen molar-refractivity contribution in [2.75, 3.05) is 6.61 Å². The number of aliphatic hydroxyl groups is 1. The lowest BCUT2D eigenvalue weighted by molar-refractivity contribution is 0.0964. The minimum absolute atomic E-state index is 0.0360. The van der Waals surface area contributed by atoms with Gasteiger partial charge in [0.2, 0.25) is 0 Å². The normalized spacial score (nSPS) is 18.5. The molecular formula is C30H31F3O3. The summed E-state index contributed by atoms with van der Waals surface area (Å²) in [5.74, 6) is -1.51. The Kier molecular flexibility index (Phi) is 8.36. The van der Waals surface area contributed by atoms with Crippen molar-refractivity contribution in [1.82, 2.24) is 0 Å². The summed E-state index contributed by atoms with van der Waals surface area (Å²) >= 11 is 0. The molecule has 4 rings (SSSR count). The average molecular weight is 497 g/mol. The molecule has 190 valence electrons. The standard InChI is InChI=1S/C30H31F3O3/c1-3-16-35-24-12-15-28(27(31)17-24)36-18-20-4-6-22(7-5-20)25-13-14-26(30(33)29(25)32)23-10-8-21(9-11-23)19(2)34/h3-7,12-15,17,19,21,23,34H,1,8-11,16,18H2,2H3. The van der Waals surface area contributed by atoms with Crippen molar-refractivity contribution in [3.05, 3.63) is 95.8 Å². The third-order valence-electron chi connectivity index (χ3n) is 6.94. The van der Waals surface area contributed by atoms with Crippen LogP contribution < -0.4 is 9.47 Å². The fourth-order valence-electron chi connectivity index (χ4n) is 4.80. The summed E-state index contributed by atoms with van der Waals surface area (Å²) in [5.41, 5.74) is 1.92. The van der Waals surface area contributed by atoms with Gasteiger partial charge in [-0.2, -0.15) is 0 Å². The molecule has 6 heteroatoms. The van der Waals surface area contributed by atoms with Gasteiger partial charge in [-0.3, -0.25) is 0 Å². The summed E-state index contributed by atoms with van der Waals surface area (Å²) in [6.45, 7) is 5.74. The zero-order valence-electron chi connectivity index (χ0n) is 20.4. The summed E-state index contributed by atoms with van der Waals surface area (Å²) < 4.78 is 55.2. The molecular weight excluding hydrogens is 465 g/mol. The fraction of sp³-hybridized carbons (Fsp3) is 0.333. The molecule has 0 bridgehead atoms. The first-order valence-corrected chi connectivity index (χ1v) is 12.3. The number of hydrogen-bond donors (Lipinski definition) is 1. The lowest BCUT2D eigenvalue weighted by atomic mass is 9.76. The van der Waals surface area contributed by atoms with E-state index in [1.165, 1.54) is 12.1 Å². The SMILES string of the molecule is C=CCOc1ccc(OCc2ccc(-c3ccc(C4CCC(C(C)O)CC4)c(F)c3F)cc2)c(F)c1. The minimum Gasteiger partial charge on any atom is -0.489 e. The first kappa shape index (κ1) is 25.8. The van der Waals surface area contributed by atoms with E-state index in [1.807, 2.05) is 0 Å². The Labute approximate surface area is 210 Å². The second-order valence-electron chi connectivity index (χ2n) is 9.36. The smallest absolute Gasteiger partial charge is 0.168 e. The number of ether oxygens (including phenoxy) is 2. The van der Waals surface area contributed by atoms with Gasteiger partial charge in [0, 0.05) is 11.6 Å². The van der Waals surface area contributed by atoms with Gasteiger partial charge in [0.15, 0.2) is 23.2 Å². The summed E-state index contributed by atoms with van der Waals surface area (Å²) in [7, 11) is 0. The molecule has 0 aliphatic heterocycles. The molecule has 1 fully saturated rings. The van der Waals surface area contributed by atoms with Crippen molar-refractivity contribution >= 4 is 0 Å². The number of halogens is 3. The molecule has 0 aromatic heterocycles. The first-order chi connectivity index (χ1) is 17.4. The predicted octanol–water partition coefficient (Wildman–Crippen LogP) is 7.57. The van der Waals surface area contributed by atoms with Gasteiger partial charge in [-0.1, -0.05) is 49.1 Å². The molecule has 36 heavy (non-hydrogen) atoms. The molecule has 1 N–H and O–H groups in total. The molecule has 1 saturated carbocycles. The molecule has 3 aromatic rings. The molecule has 0 amide bonds. The molecule has 0 spiro atoms. The third-order valence-corrected chi connectivity index (χ3v) is 6.94. The summed E-state index contributed by atoms with van der Waals surface area (Å²) in [6.07, 6.45) is 4.31. The molecule has 3 aromatic carbocycles. The highest BCUT2D eigenvalue weighted by Gasteiger charge is 2.28. The van der Waals surface area contributed by atoms with Gasteiger partial charge in [-0.05, 0) is 73.3 Å². The van der Waals surface area contributed by atoms with E-state index in [2.05, 4.69) is 6.58 Å². The zero-order chi connectivity index (χ0) is 25.7. The second-order valence-corrected chi connectivity index (χ2v) is 9.36. The Balaban J connectivity index is 1.41. The quantitative estimate of drug-likeness (QED) is 0.311. The Hall–Kier alpha value is -3.25. The van der Waals surface area contributed by atoms with Crippen LogP contribution in [0, 0.1) is 23.4 Å². The lowest BCUT2D eigenvalue weighted by Gasteiger charge is -2.30. The van der Waals surface area contributed by atoms with Crippen LogP contribution >= 0.6 is 0 Å². The van der Waals surface area contributed by atoms with E-state index in [0.29, 0.717) is 16.9 Å². The van der Waals surface area contributed by atoms with E-state index in [9.17, 15) is 9.50 Å². The van der Waals surface area contributed by atoms with Crippen LogP contribution in [0.25, 0.3) is 11.1 Å². The Morgan fingerprint density at radius 1 is 0.944 bits per heavy atom. The molecule has 3 nitrogen and oxygen atoms in total. The highest BCUT2D eigenvalue weighted by Crippen LogP contribution is 2.39. The van der Waals surface area contributed by atoms with Crippen LogP contribution in [0.15, 0.2) is 67.3 Å². The van der Waals surface area contributed by atoms with E-state index >= 15 is 8.78 Å². The number of hydrogen-bond acceptors (Lipinski definition) is 3. The highest BCUT2D eigenvalue weighted by molar-refractivity contribution is 5.65. The maximum Gasteiger partial charge on any atom is 0.168 e. The van der Waals surface area contributed by atoms with Crippen LogP contribution in [0.5, 0.6) is 11.5 Å². The van der Waals surface area contributed by atoms with Gasteiger partial charge in [-0.25, -0.2) is 13.2 Å². The zero-order valence-corrected chi connectivity index (χ0v) is 20.4.